The molecule has 2 saturated heterocycles. The zero-order valence-corrected chi connectivity index (χ0v) is 10.2. The van der Waals surface area contributed by atoms with Crippen LogP contribution in [0.2, 0.25) is 0 Å². The molecule has 2 heterocycles. The second kappa shape index (κ2) is 3.00. The van der Waals surface area contributed by atoms with Gasteiger partial charge in [-0.05, 0) is 26.7 Å². The summed E-state index contributed by atoms with van der Waals surface area (Å²) >= 11 is 0. The molecule has 1 atom stereocenters. The molecule has 16 heavy (non-hydrogen) atoms. The molecule has 3 rings (SSSR count). The lowest BCUT2D eigenvalue weighted by atomic mass is 9.54. The minimum atomic E-state index is -0.562. The number of hydrogen-bond acceptors (Lipinski definition) is 3. The van der Waals surface area contributed by atoms with Crippen molar-refractivity contribution in [2.24, 2.45) is 5.41 Å². The van der Waals surface area contributed by atoms with Gasteiger partial charge in [-0.2, -0.15) is 0 Å². The highest BCUT2D eigenvalue weighted by Crippen LogP contribution is 2.67. The molecule has 0 bridgehead atoms. The predicted molar refractivity (Wildman–Crippen MR) is 58.7 cm³/mol. The zero-order chi connectivity index (χ0) is 11.4. The number of esters is 1. The SMILES string of the molecule is CC1(C)O[C@]2(CCC(=O)O2)C12CCCCC2. The summed E-state index contributed by atoms with van der Waals surface area (Å²) in [4.78, 5) is 11.4. The van der Waals surface area contributed by atoms with Gasteiger partial charge in [-0.1, -0.05) is 19.3 Å². The molecule has 1 aliphatic carbocycles. The third-order valence-corrected chi connectivity index (χ3v) is 4.95. The van der Waals surface area contributed by atoms with Crippen LogP contribution < -0.4 is 0 Å². The fourth-order valence-corrected chi connectivity index (χ4v) is 4.12. The van der Waals surface area contributed by atoms with Gasteiger partial charge in [0.1, 0.15) is 0 Å². The fraction of sp³-hybridized carbons (Fsp3) is 0.923. The van der Waals surface area contributed by atoms with Crippen LogP contribution >= 0.6 is 0 Å². The van der Waals surface area contributed by atoms with Crippen molar-refractivity contribution >= 4 is 5.97 Å². The molecule has 90 valence electrons. The summed E-state index contributed by atoms with van der Waals surface area (Å²) in [6.45, 7) is 4.30. The van der Waals surface area contributed by atoms with E-state index in [9.17, 15) is 4.79 Å². The van der Waals surface area contributed by atoms with Gasteiger partial charge in [0.2, 0.25) is 5.79 Å². The normalized spacial score (nSPS) is 39.8. The Morgan fingerprint density at radius 3 is 2.25 bits per heavy atom. The highest BCUT2D eigenvalue weighted by Gasteiger charge is 2.74. The average molecular weight is 224 g/mol. The predicted octanol–water partition coefficient (Wildman–Crippen LogP) is 2.78. The Morgan fingerprint density at radius 1 is 1.06 bits per heavy atom. The summed E-state index contributed by atoms with van der Waals surface area (Å²) in [6, 6.07) is 0. The summed E-state index contributed by atoms with van der Waals surface area (Å²) in [5.41, 5.74) is -0.0392. The summed E-state index contributed by atoms with van der Waals surface area (Å²) in [5.74, 6) is -0.644. The van der Waals surface area contributed by atoms with Crippen molar-refractivity contribution in [1.29, 1.82) is 0 Å². The molecule has 0 N–H and O–H groups in total. The van der Waals surface area contributed by atoms with E-state index in [1.807, 2.05) is 0 Å². The molecule has 3 nitrogen and oxygen atoms in total. The van der Waals surface area contributed by atoms with E-state index < -0.39 is 5.79 Å². The lowest BCUT2D eigenvalue weighted by Crippen LogP contribution is -2.74. The lowest BCUT2D eigenvalue weighted by molar-refractivity contribution is -0.447. The standard InChI is InChI=1S/C13H20O3/c1-11(2)12(7-4-3-5-8-12)13(16-11)9-6-10(14)15-13/h3-9H2,1-2H3/t13-/m1/s1. The molecule has 2 aliphatic heterocycles. The number of rotatable bonds is 0. The Kier molecular flexibility index (Phi) is 1.99. The van der Waals surface area contributed by atoms with Crippen LogP contribution in [-0.4, -0.2) is 17.4 Å². The van der Waals surface area contributed by atoms with Crippen LogP contribution in [0.1, 0.15) is 58.8 Å². The van der Waals surface area contributed by atoms with Crippen LogP contribution in [-0.2, 0) is 14.3 Å². The minimum absolute atomic E-state index is 0.0829. The third-order valence-electron chi connectivity index (χ3n) is 4.95. The number of ether oxygens (including phenoxy) is 2. The van der Waals surface area contributed by atoms with E-state index in [1.165, 1.54) is 19.3 Å². The Labute approximate surface area is 96.5 Å². The quantitative estimate of drug-likeness (QED) is 0.593. The summed E-state index contributed by atoms with van der Waals surface area (Å²) in [6.07, 6.45) is 7.37. The molecule has 2 spiro atoms. The summed E-state index contributed by atoms with van der Waals surface area (Å²) in [5, 5.41) is 0. The Morgan fingerprint density at radius 2 is 1.75 bits per heavy atom. The van der Waals surface area contributed by atoms with Crippen molar-refractivity contribution in [3.8, 4) is 0 Å². The van der Waals surface area contributed by atoms with Crippen LogP contribution in [0.4, 0.5) is 0 Å². The second-order valence-electron chi connectivity index (χ2n) is 5.98. The summed E-state index contributed by atoms with van der Waals surface area (Å²) < 4.78 is 11.5. The van der Waals surface area contributed by atoms with E-state index in [0.29, 0.717) is 6.42 Å². The van der Waals surface area contributed by atoms with Crippen molar-refractivity contribution in [2.75, 3.05) is 0 Å². The van der Waals surface area contributed by atoms with Crippen LogP contribution in [0.15, 0.2) is 0 Å². The third kappa shape index (κ3) is 1.05. The Balaban J connectivity index is 1.94. The zero-order valence-electron chi connectivity index (χ0n) is 10.2. The van der Waals surface area contributed by atoms with Crippen LogP contribution in [0.3, 0.4) is 0 Å². The van der Waals surface area contributed by atoms with Gasteiger partial charge < -0.3 is 9.47 Å². The van der Waals surface area contributed by atoms with E-state index in [2.05, 4.69) is 13.8 Å². The van der Waals surface area contributed by atoms with Crippen molar-refractivity contribution in [1.82, 2.24) is 0 Å². The fourth-order valence-electron chi connectivity index (χ4n) is 4.12. The minimum Gasteiger partial charge on any atom is -0.432 e. The number of carbonyl (C=O) groups is 1. The number of hydrogen-bond donors (Lipinski definition) is 0. The first-order chi connectivity index (χ1) is 7.52. The molecular formula is C13H20O3. The van der Waals surface area contributed by atoms with Crippen LogP contribution in [0.5, 0.6) is 0 Å². The number of carbonyl (C=O) groups excluding carboxylic acids is 1. The summed E-state index contributed by atoms with van der Waals surface area (Å²) in [7, 11) is 0. The molecule has 0 amide bonds. The van der Waals surface area contributed by atoms with E-state index in [4.69, 9.17) is 9.47 Å². The molecule has 0 aromatic carbocycles. The van der Waals surface area contributed by atoms with E-state index in [1.54, 1.807) is 0 Å². The maximum atomic E-state index is 11.4. The molecular weight excluding hydrogens is 204 g/mol. The highest BCUT2D eigenvalue weighted by atomic mass is 16.8. The second-order valence-corrected chi connectivity index (χ2v) is 5.98. The van der Waals surface area contributed by atoms with Crippen LogP contribution in [0, 0.1) is 5.41 Å². The first-order valence-electron chi connectivity index (χ1n) is 6.43. The first kappa shape index (κ1) is 10.6. The van der Waals surface area contributed by atoms with Crippen molar-refractivity contribution in [3.05, 3.63) is 0 Å². The van der Waals surface area contributed by atoms with E-state index in [-0.39, 0.29) is 17.0 Å². The monoisotopic (exact) mass is 224 g/mol. The van der Waals surface area contributed by atoms with Crippen molar-refractivity contribution in [3.63, 3.8) is 0 Å². The molecule has 3 aliphatic rings. The first-order valence-corrected chi connectivity index (χ1v) is 6.43. The topological polar surface area (TPSA) is 35.5 Å². The molecule has 0 radical (unpaired) electrons. The van der Waals surface area contributed by atoms with Gasteiger partial charge in [0.15, 0.2) is 0 Å². The molecule has 0 unspecified atom stereocenters. The van der Waals surface area contributed by atoms with Gasteiger partial charge in [-0.25, -0.2) is 0 Å². The molecule has 0 aromatic heterocycles. The molecule has 0 aromatic rings. The van der Waals surface area contributed by atoms with Crippen LogP contribution in [0.25, 0.3) is 0 Å². The number of fused-ring (bicyclic) bond motifs is 1. The van der Waals surface area contributed by atoms with Gasteiger partial charge in [-0.3, -0.25) is 4.79 Å². The lowest BCUT2D eigenvalue weighted by Gasteiger charge is -2.67. The highest BCUT2D eigenvalue weighted by molar-refractivity contribution is 5.72. The van der Waals surface area contributed by atoms with Gasteiger partial charge in [-0.15, -0.1) is 0 Å². The van der Waals surface area contributed by atoms with Gasteiger partial charge in [0, 0.05) is 6.42 Å². The van der Waals surface area contributed by atoms with Crippen molar-refractivity contribution < 1.29 is 14.3 Å². The van der Waals surface area contributed by atoms with Gasteiger partial charge in [0.25, 0.3) is 0 Å². The van der Waals surface area contributed by atoms with E-state index in [0.717, 1.165) is 19.3 Å². The maximum absolute atomic E-state index is 11.4. The average Bonchev–Trinajstić information content (AvgIpc) is 2.63. The molecule has 1 saturated carbocycles. The largest absolute Gasteiger partial charge is 0.432 e. The smallest absolute Gasteiger partial charge is 0.308 e. The maximum Gasteiger partial charge on any atom is 0.308 e. The van der Waals surface area contributed by atoms with Crippen molar-refractivity contribution in [2.45, 2.75) is 70.2 Å². The Hall–Kier alpha value is -0.570. The van der Waals surface area contributed by atoms with Gasteiger partial charge >= 0.3 is 5.97 Å². The van der Waals surface area contributed by atoms with E-state index >= 15 is 0 Å². The molecule has 3 fully saturated rings. The molecule has 3 heteroatoms. The van der Waals surface area contributed by atoms with Gasteiger partial charge in [0.05, 0.1) is 17.4 Å². The Bertz CT molecular complexity index is 328.